The second-order valence-electron chi connectivity index (χ2n) is 8.16. The van der Waals surface area contributed by atoms with Gasteiger partial charge in [0, 0.05) is 28.9 Å². The van der Waals surface area contributed by atoms with Crippen molar-refractivity contribution < 1.29 is 9.53 Å². The molecule has 1 aromatic heterocycles. The molecule has 3 heterocycles. The molecule has 1 fully saturated rings. The number of ether oxygens (including phenoxy) is 1. The van der Waals surface area contributed by atoms with Crippen LogP contribution in [0.3, 0.4) is 0 Å². The molecule has 2 aliphatic heterocycles. The Kier molecular flexibility index (Phi) is 5.65. The van der Waals surface area contributed by atoms with Crippen LogP contribution in [0.2, 0.25) is 0 Å². The Morgan fingerprint density at radius 2 is 2.09 bits per heavy atom. The summed E-state index contributed by atoms with van der Waals surface area (Å²) in [5, 5.41) is 7.44. The number of amides is 1. The third kappa shape index (κ3) is 4.64. The average molecular weight is 458 g/mol. The predicted octanol–water partition coefficient (Wildman–Crippen LogP) is 3.79. The van der Waals surface area contributed by atoms with Gasteiger partial charge in [-0.05, 0) is 62.1 Å². The predicted molar refractivity (Wildman–Crippen MR) is 131 cm³/mol. The summed E-state index contributed by atoms with van der Waals surface area (Å²) >= 11 is 1.35. The van der Waals surface area contributed by atoms with Gasteiger partial charge in [0.2, 0.25) is 0 Å². The molecule has 0 saturated heterocycles. The van der Waals surface area contributed by atoms with Crippen LogP contribution in [-0.2, 0) is 0 Å². The summed E-state index contributed by atoms with van der Waals surface area (Å²) in [4.78, 5) is 26.8. The van der Waals surface area contributed by atoms with E-state index < -0.39 is 0 Å². The number of carbonyl (C=O) groups is 1. The van der Waals surface area contributed by atoms with Gasteiger partial charge in [0.05, 0.1) is 13.3 Å². The quantitative estimate of drug-likeness (QED) is 0.685. The average Bonchev–Trinajstić information content (AvgIpc) is 3.55. The van der Waals surface area contributed by atoms with E-state index >= 15 is 0 Å². The summed E-state index contributed by atoms with van der Waals surface area (Å²) in [6.45, 7) is 3.91. The minimum atomic E-state index is -0.294. The van der Waals surface area contributed by atoms with E-state index in [-0.39, 0.29) is 12.1 Å². The third-order valence-corrected chi connectivity index (χ3v) is 6.35. The molecule has 5 rings (SSSR count). The van der Waals surface area contributed by atoms with Crippen molar-refractivity contribution in [3.05, 3.63) is 59.2 Å². The lowest BCUT2D eigenvalue weighted by Gasteiger charge is -2.14. The van der Waals surface area contributed by atoms with Crippen molar-refractivity contribution in [3.63, 3.8) is 0 Å². The zero-order valence-electron chi connectivity index (χ0n) is 18.6. The van der Waals surface area contributed by atoms with Crippen molar-refractivity contribution in [3.8, 4) is 28.7 Å². The van der Waals surface area contributed by atoms with Crippen LogP contribution in [0.1, 0.15) is 34.5 Å². The third-order valence-electron chi connectivity index (χ3n) is 5.43. The Balaban J connectivity index is 1.37. The number of aliphatic imine (C=N–C) groups is 2. The lowest BCUT2D eigenvalue weighted by Crippen LogP contribution is -2.30. The number of aromatic nitrogens is 1. The summed E-state index contributed by atoms with van der Waals surface area (Å²) in [6, 6.07) is 7.65. The highest BCUT2D eigenvalue weighted by atomic mass is 32.2. The maximum absolute atomic E-state index is 13.3. The van der Waals surface area contributed by atoms with Crippen molar-refractivity contribution in [2.24, 2.45) is 15.9 Å². The molecule has 2 N–H and O–H groups in total. The summed E-state index contributed by atoms with van der Waals surface area (Å²) in [6.07, 6.45) is 5.52. The van der Waals surface area contributed by atoms with Crippen LogP contribution in [0.4, 0.5) is 0 Å². The van der Waals surface area contributed by atoms with E-state index in [0.29, 0.717) is 28.1 Å². The fourth-order valence-corrected chi connectivity index (χ4v) is 4.42. The van der Waals surface area contributed by atoms with E-state index in [0.717, 1.165) is 27.4 Å². The van der Waals surface area contributed by atoms with Crippen LogP contribution >= 0.6 is 11.8 Å². The number of fused-ring (bicyclic) bond motifs is 1. The van der Waals surface area contributed by atoms with Crippen LogP contribution in [0.25, 0.3) is 11.1 Å². The molecular weight excluding hydrogens is 434 g/mol. The molecule has 1 aliphatic carbocycles. The molecule has 166 valence electrons. The van der Waals surface area contributed by atoms with Crippen LogP contribution < -0.4 is 15.4 Å². The second-order valence-corrected chi connectivity index (χ2v) is 9.17. The van der Waals surface area contributed by atoms with Gasteiger partial charge in [-0.25, -0.2) is 9.98 Å². The lowest BCUT2D eigenvalue weighted by atomic mass is 9.96. The zero-order chi connectivity index (χ0) is 22.9. The van der Waals surface area contributed by atoms with E-state index in [1.165, 1.54) is 24.6 Å². The van der Waals surface area contributed by atoms with Gasteiger partial charge < -0.3 is 15.4 Å². The first-order valence-electron chi connectivity index (χ1n) is 10.7. The monoisotopic (exact) mass is 457 g/mol. The summed E-state index contributed by atoms with van der Waals surface area (Å²) in [7, 11) is 1.60. The molecule has 0 spiro atoms. The van der Waals surface area contributed by atoms with Crippen LogP contribution in [-0.4, -0.2) is 34.4 Å². The van der Waals surface area contributed by atoms with Gasteiger partial charge >= 0.3 is 0 Å². The van der Waals surface area contributed by atoms with Gasteiger partial charge in [0.15, 0.2) is 11.3 Å². The van der Waals surface area contributed by atoms with Crippen molar-refractivity contribution in [2.45, 2.75) is 32.9 Å². The van der Waals surface area contributed by atoms with Crippen LogP contribution in [0.5, 0.6) is 5.75 Å². The highest BCUT2D eigenvalue weighted by molar-refractivity contribution is 8.27. The van der Waals surface area contributed by atoms with Crippen molar-refractivity contribution in [1.29, 1.82) is 0 Å². The van der Waals surface area contributed by atoms with Crippen LogP contribution in [0.15, 0.2) is 52.3 Å². The molecule has 7 nitrogen and oxygen atoms in total. The molecule has 1 saturated carbocycles. The van der Waals surface area contributed by atoms with Gasteiger partial charge in [0.1, 0.15) is 16.5 Å². The van der Waals surface area contributed by atoms with E-state index in [4.69, 9.17) is 4.74 Å². The number of aryl methyl sites for hydroxylation is 2. The minimum absolute atomic E-state index is 0.242. The molecule has 0 radical (unpaired) electrons. The smallest absolute Gasteiger partial charge is 0.257 e. The number of amidine groups is 1. The number of carbonyl (C=O) groups excluding carboxylic acids is 1. The number of thioether (sulfide) groups is 1. The maximum atomic E-state index is 13.3. The van der Waals surface area contributed by atoms with Gasteiger partial charge in [-0.2, -0.15) is 0 Å². The van der Waals surface area contributed by atoms with Gasteiger partial charge in [-0.15, -0.1) is 0 Å². The van der Waals surface area contributed by atoms with E-state index in [1.807, 2.05) is 38.1 Å². The Labute approximate surface area is 196 Å². The number of rotatable bonds is 3. The minimum Gasteiger partial charge on any atom is -0.494 e. The number of allylic oxidation sites excluding steroid dienone is 1. The van der Waals surface area contributed by atoms with Crippen molar-refractivity contribution in [2.75, 3.05) is 7.11 Å². The van der Waals surface area contributed by atoms with Gasteiger partial charge in [-0.3, -0.25) is 9.78 Å². The molecular formula is C25H23N5O2S. The first kappa shape index (κ1) is 21.3. The molecule has 1 aromatic carbocycles. The van der Waals surface area contributed by atoms with Gasteiger partial charge in [0.25, 0.3) is 5.91 Å². The normalized spacial score (nSPS) is 18.6. The highest BCUT2D eigenvalue weighted by Crippen LogP contribution is 2.33. The largest absolute Gasteiger partial charge is 0.494 e. The highest BCUT2D eigenvalue weighted by Gasteiger charge is 2.29. The van der Waals surface area contributed by atoms with E-state index in [2.05, 4.69) is 37.4 Å². The lowest BCUT2D eigenvalue weighted by molar-refractivity contribution is 0.0978. The number of methoxy groups -OCH3 is 1. The Morgan fingerprint density at radius 1 is 1.24 bits per heavy atom. The molecule has 33 heavy (non-hydrogen) atoms. The fourth-order valence-electron chi connectivity index (χ4n) is 3.54. The molecule has 1 atom stereocenters. The first-order valence-corrected chi connectivity index (χ1v) is 11.6. The van der Waals surface area contributed by atoms with Gasteiger partial charge in [-0.1, -0.05) is 23.6 Å². The first-order chi connectivity index (χ1) is 16.0. The number of pyridine rings is 1. The number of nitrogens with zero attached hydrogens (tertiary/aromatic N) is 3. The topological polar surface area (TPSA) is 88.0 Å². The van der Waals surface area contributed by atoms with Crippen LogP contribution in [0, 0.1) is 31.6 Å². The Morgan fingerprint density at radius 3 is 2.88 bits per heavy atom. The molecule has 1 unspecified atom stereocenters. The van der Waals surface area contributed by atoms with Crippen molar-refractivity contribution >= 4 is 27.9 Å². The summed E-state index contributed by atoms with van der Waals surface area (Å²) < 4.78 is 5.51. The Hall–Kier alpha value is -3.57. The molecule has 3 aliphatic rings. The number of benzene rings is 1. The fraction of sp³-hybridized carbons (Fsp3) is 0.280. The molecule has 2 aromatic rings. The number of nitrogens with one attached hydrogen (secondary N) is 2. The van der Waals surface area contributed by atoms with Crippen molar-refractivity contribution in [1.82, 2.24) is 15.6 Å². The second kappa shape index (κ2) is 8.75. The van der Waals surface area contributed by atoms with E-state index in [1.54, 1.807) is 19.5 Å². The number of hydrogen-bond donors (Lipinski definition) is 2. The molecule has 0 bridgehead atoms. The number of hydrogen-bond acceptors (Lipinski definition) is 7. The maximum Gasteiger partial charge on any atom is 0.257 e. The SMILES string of the molecule is COc1cnc(C)cc1-c1cc(C)ccc1C(=O)NC1=NC2NC=C(C#CC3CC3)N=C2S1. The zero-order valence-corrected chi connectivity index (χ0v) is 19.4. The summed E-state index contributed by atoms with van der Waals surface area (Å²) in [5.41, 5.74) is 4.72. The molecule has 8 heteroatoms. The van der Waals surface area contributed by atoms with E-state index in [9.17, 15) is 4.79 Å². The standard InChI is InChI=1S/C25H23N5O2S/c1-14-4-9-18(19(10-14)20-11-15(2)26-13-21(20)32-3)23(31)30-25-29-22-24(33-25)28-17(12-27-22)8-7-16-5-6-16/h4,9-13,16,22,27H,5-6H2,1-3H3,(H,29,30,31). The summed E-state index contributed by atoms with van der Waals surface area (Å²) in [5.74, 6) is 7.21. The molecule has 1 amide bonds. The Bertz CT molecular complexity index is 1300.